The van der Waals surface area contributed by atoms with E-state index in [1.807, 2.05) is 30.3 Å². The minimum atomic E-state index is -0.573. The second-order valence-corrected chi connectivity index (χ2v) is 7.03. The molecule has 0 radical (unpaired) electrons. The van der Waals surface area contributed by atoms with Crippen LogP contribution in [0, 0.1) is 0 Å². The van der Waals surface area contributed by atoms with E-state index >= 15 is 0 Å². The summed E-state index contributed by atoms with van der Waals surface area (Å²) in [6.45, 7) is 2.74. The number of unbranched alkanes of at least 4 members (excludes halogenated alkanes) is 7. The van der Waals surface area contributed by atoms with Crippen LogP contribution < -0.4 is 0 Å². The number of rotatable bonds is 16. The first-order chi connectivity index (χ1) is 12.8. The first-order valence-corrected chi connectivity index (χ1v) is 10.4. The fraction of sp³-hybridized carbons (Fsp3) is 0.652. The molecular weight excluding hydrogens is 324 g/mol. The molecule has 0 fully saturated rings. The molecule has 1 rings (SSSR count). The molecule has 0 spiro atoms. The summed E-state index contributed by atoms with van der Waals surface area (Å²) >= 11 is 0. The number of allylic oxidation sites excluding steroid dienone is 1. The van der Waals surface area contributed by atoms with E-state index in [2.05, 4.69) is 19.1 Å². The standard InChI is InChI=1S/C23H38O3/c1-2-3-4-5-6-7-8-9-10-14-17-22(25)23(18-19-24)26-20-21-15-12-11-13-16-21/h10-16,22-25H,2-9,17-20H2,1H3/b14-10-/t22-,23+/m0/s1. The molecule has 148 valence electrons. The summed E-state index contributed by atoms with van der Waals surface area (Å²) in [7, 11) is 0. The van der Waals surface area contributed by atoms with Crippen molar-refractivity contribution in [3.63, 3.8) is 0 Å². The number of aliphatic hydroxyl groups is 2. The highest BCUT2D eigenvalue weighted by atomic mass is 16.5. The Balaban J connectivity index is 2.17. The van der Waals surface area contributed by atoms with E-state index in [4.69, 9.17) is 4.74 Å². The Morgan fingerprint density at radius 3 is 2.35 bits per heavy atom. The lowest BCUT2D eigenvalue weighted by atomic mass is 10.1. The molecule has 0 saturated heterocycles. The second kappa shape index (κ2) is 16.0. The maximum Gasteiger partial charge on any atom is 0.0863 e. The molecule has 26 heavy (non-hydrogen) atoms. The molecule has 0 aliphatic carbocycles. The molecule has 0 bridgehead atoms. The van der Waals surface area contributed by atoms with Gasteiger partial charge in [0.05, 0.1) is 18.8 Å². The zero-order chi connectivity index (χ0) is 18.9. The van der Waals surface area contributed by atoms with Crippen molar-refractivity contribution >= 4 is 0 Å². The van der Waals surface area contributed by atoms with Gasteiger partial charge in [0.1, 0.15) is 0 Å². The van der Waals surface area contributed by atoms with Crippen molar-refractivity contribution in [2.45, 2.75) is 89.9 Å². The first kappa shape index (κ1) is 22.9. The molecule has 0 heterocycles. The molecule has 1 aromatic carbocycles. The normalized spacial score (nSPS) is 14.0. The van der Waals surface area contributed by atoms with Gasteiger partial charge in [-0.25, -0.2) is 0 Å². The van der Waals surface area contributed by atoms with Gasteiger partial charge in [0.15, 0.2) is 0 Å². The maximum atomic E-state index is 10.4. The van der Waals surface area contributed by atoms with Crippen molar-refractivity contribution in [2.24, 2.45) is 0 Å². The highest BCUT2D eigenvalue weighted by Gasteiger charge is 2.18. The molecule has 0 aliphatic heterocycles. The van der Waals surface area contributed by atoms with Gasteiger partial charge in [0.25, 0.3) is 0 Å². The van der Waals surface area contributed by atoms with Crippen LogP contribution in [0.5, 0.6) is 0 Å². The van der Waals surface area contributed by atoms with E-state index in [-0.39, 0.29) is 12.7 Å². The lowest BCUT2D eigenvalue weighted by molar-refractivity contribution is -0.0544. The van der Waals surface area contributed by atoms with Gasteiger partial charge >= 0.3 is 0 Å². The molecule has 0 unspecified atom stereocenters. The number of ether oxygens (including phenoxy) is 1. The average molecular weight is 363 g/mol. The Labute approximate surface area is 160 Å². The average Bonchev–Trinajstić information content (AvgIpc) is 2.67. The van der Waals surface area contributed by atoms with E-state index < -0.39 is 6.10 Å². The second-order valence-electron chi connectivity index (χ2n) is 7.03. The summed E-state index contributed by atoms with van der Waals surface area (Å²) in [5, 5.41) is 19.6. The molecule has 2 atom stereocenters. The molecule has 1 aromatic rings. The number of hydrogen-bond donors (Lipinski definition) is 2. The Kier molecular flexibility index (Phi) is 14.1. The van der Waals surface area contributed by atoms with Crippen LogP contribution in [0.15, 0.2) is 42.5 Å². The SMILES string of the molecule is CCCCCCCCC/C=C\C[C@H](O)[C@@H](CCO)OCc1ccccc1. The van der Waals surface area contributed by atoms with Crippen LogP contribution in [-0.2, 0) is 11.3 Å². The van der Waals surface area contributed by atoms with E-state index in [1.54, 1.807) is 0 Å². The van der Waals surface area contributed by atoms with Crippen LogP contribution in [0.1, 0.15) is 76.7 Å². The van der Waals surface area contributed by atoms with Crippen molar-refractivity contribution < 1.29 is 14.9 Å². The fourth-order valence-electron chi connectivity index (χ4n) is 3.02. The van der Waals surface area contributed by atoms with Gasteiger partial charge in [-0.3, -0.25) is 0 Å². The quantitative estimate of drug-likeness (QED) is 0.306. The molecule has 3 nitrogen and oxygen atoms in total. The van der Waals surface area contributed by atoms with Crippen molar-refractivity contribution in [3.8, 4) is 0 Å². The van der Waals surface area contributed by atoms with Gasteiger partial charge in [-0.05, 0) is 31.2 Å². The minimum Gasteiger partial charge on any atom is -0.396 e. The summed E-state index contributed by atoms with van der Waals surface area (Å²) in [4.78, 5) is 0. The first-order valence-electron chi connectivity index (χ1n) is 10.4. The smallest absolute Gasteiger partial charge is 0.0863 e. The monoisotopic (exact) mass is 362 g/mol. The van der Waals surface area contributed by atoms with Crippen molar-refractivity contribution in [1.82, 2.24) is 0 Å². The lowest BCUT2D eigenvalue weighted by Crippen LogP contribution is -2.29. The Morgan fingerprint density at radius 2 is 1.65 bits per heavy atom. The molecule has 3 heteroatoms. The maximum absolute atomic E-state index is 10.4. The molecule has 0 aromatic heterocycles. The minimum absolute atomic E-state index is 0.0261. The Hall–Kier alpha value is -1.16. The fourth-order valence-corrected chi connectivity index (χ4v) is 3.02. The van der Waals surface area contributed by atoms with Gasteiger partial charge in [0, 0.05) is 6.61 Å². The van der Waals surface area contributed by atoms with Crippen LogP contribution >= 0.6 is 0 Å². The lowest BCUT2D eigenvalue weighted by Gasteiger charge is -2.22. The van der Waals surface area contributed by atoms with E-state index in [1.165, 1.54) is 44.9 Å². The summed E-state index contributed by atoms with van der Waals surface area (Å²) in [5.41, 5.74) is 1.08. The largest absolute Gasteiger partial charge is 0.396 e. The zero-order valence-corrected chi connectivity index (χ0v) is 16.5. The molecular formula is C23H38O3. The topological polar surface area (TPSA) is 49.7 Å². The van der Waals surface area contributed by atoms with Crippen LogP contribution in [0.4, 0.5) is 0 Å². The van der Waals surface area contributed by atoms with Crippen molar-refractivity contribution in [1.29, 1.82) is 0 Å². The van der Waals surface area contributed by atoms with Crippen LogP contribution in [0.2, 0.25) is 0 Å². The summed E-state index contributed by atoms with van der Waals surface area (Å²) in [6, 6.07) is 9.93. The van der Waals surface area contributed by atoms with Gasteiger partial charge in [-0.1, -0.05) is 87.9 Å². The molecule has 2 N–H and O–H groups in total. The number of hydrogen-bond acceptors (Lipinski definition) is 3. The van der Waals surface area contributed by atoms with Gasteiger partial charge in [-0.2, -0.15) is 0 Å². The van der Waals surface area contributed by atoms with Gasteiger partial charge < -0.3 is 14.9 Å². The summed E-state index contributed by atoms with van der Waals surface area (Å²) < 4.78 is 5.83. The van der Waals surface area contributed by atoms with Crippen LogP contribution in [-0.4, -0.2) is 29.0 Å². The summed E-state index contributed by atoms with van der Waals surface area (Å²) in [5.74, 6) is 0. The zero-order valence-electron chi connectivity index (χ0n) is 16.5. The Bertz CT molecular complexity index is 444. The van der Waals surface area contributed by atoms with E-state index in [0.717, 1.165) is 12.0 Å². The van der Waals surface area contributed by atoms with Gasteiger partial charge in [-0.15, -0.1) is 0 Å². The molecule has 0 aliphatic rings. The predicted octanol–water partition coefficient (Wildman–Crippen LogP) is 5.40. The number of benzene rings is 1. The summed E-state index contributed by atoms with van der Waals surface area (Å²) in [6.07, 6.45) is 14.7. The molecule has 0 saturated carbocycles. The van der Waals surface area contributed by atoms with E-state index in [9.17, 15) is 10.2 Å². The van der Waals surface area contributed by atoms with Crippen molar-refractivity contribution in [3.05, 3.63) is 48.0 Å². The van der Waals surface area contributed by atoms with E-state index in [0.29, 0.717) is 19.4 Å². The highest BCUT2D eigenvalue weighted by molar-refractivity contribution is 5.13. The Morgan fingerprint density at radius 1 is 0.962 bits per heavy atom. The van der Waals surface area contributed by atoms with Gasteiger partial charge in [0.2, 0.25) is 0 Å². The third-order valence-electron chi connectivity index (χ3n) is 4.67. The van der Waals surface area contributed by atoms with Crippen LogP contribution in [0.25, 0.3) is 0 Å². The molecule has 0 amide bonds. The third-order valence-corrected chi connectivity index (χ3v) is 4.67. The number of aliphatic hydroxyl groups excluding tert-OH is 2. The predicted molar refractivity (Wildman–Crippen MR) is 109 cm³/mol. The van der Waals surface area contributed by atoms with Crippen molar-refractivity contribution in [2.75, 3.05) is 6.61 Å². The third kappa shape index (κ3) is 11.5. The van der Waals surface area contributed by atoms with Crippen LogP contribution in [0.3, 0.4) is 0 Å². The highest BCUT2D eigenvalue weighted by Crippen LogP contribution is 2.13.